The van der Waals surface area contributed by atoms with E-state index in [1.165, 1.54) is 31.1 Å². The number of hydrogen-bond donors (Lipinski definition) is 1. The maximum absolute atomic E-state index is 14.1. The van der Waals surface area contributed by atoms with Gasteiger partial charge in [0.25, 0.3) is 5.91 Å². The molecule has 1 fully saturated rings. The summed E-state index contributed by atoms with van der Waals surface area (Å²) in [4.78, 5) is 26.5. The van der Waals surface area contributed by atoms with Crippen molar-refractivity contribution in [3.63, 3.8) is 0 Å². The number of ether oxygens (including phenoxy) is 2. The van der Waals surface area contributed by atoms with E-state index >= 15 is 0 Å². The van der Waals surface area contributed by atoms with Crippen molar-refractivity contribution in [3.8, 4) is 17.2 Å². The molecule has 0 bridgehead atoms. The molecule has 1 aliphatic rings. The van der Waals surface area contributed by atoms with Gasteiger partial charge in [-0.2, -0.15) is 0 Å². The Kier molecular flexibility index (Phi) is 7.39. The minimum Gasteiger partial charge on any atom is -0.495 e. The summed E-state index contributed by atoms with van der Waals surface area (Å²) in [5, 5.41) is 1.33. The molecule has 4 aromatic rings. The van der Waals surface area contributed by atoms with Crippen LogP contribution in [0.5, 0.6) is 17.2 Å². The molecular weight excluding hydrogens is 528 g/mol. The number of anilines is 2. The minimum absolute atomic E-state index is 0.209. The molecule has 0 aliphatic carbocycles. The lowest BCUT2D eigenvalue weighted by Crippen LogP contribution is -2.29. The van der Waals surface area contributed by atoms with Gasteiger partial charge in [-0.15, -0.1) is 0 Å². The Labute approximate surface area is 232 Å². The van der Waals surface area contributed by atoms with E-state index in [1.807, 2.05) is 18.2 Å². The smallest absolute Gasteiger partial charge is 0.271 e. The molecule has 2 amide bonds. The number of hydrogen-bond acceptors (Lipinski definition) is 6. The zero-order chi connectivity index (χ0) is 28.3. The Bertz CT molecular complexity index is 1700. The van der Waals surface area contributed by atoms with Crippen LogP contribution in [0, 0.1) is 0 Å². The van der Waals surface area contributed by atoms with Crippen LogP contribution in [-0.2, 0) is 19.4 Å². The molecule has 0 spiro atoms. The summed E-state index contributed by atoms with van der Waals surface area (Å²) in [6, 6.07) is 29.2. The first-order valence-corrected chi connectivity index (χ1v) is 14.0. The molecule has 1 unspecified atom stereocenters. The van der Waals surface area contributed by atoms with E-state index in [0.717, 1.165) is 0 Å². The summed E-state index contributed by atoms with van der Waals surface area (Å²) < 4.78 is 39.5. The van der Waals surface area contributed by atoms with Crippen molar-refractivity contribution in [2.75, 3.05) is 17.3 Å². The van der Waals surface area contributed by atoms with Crippen LogP contribution in [0.2, 0.25) is 0 Å². The number of carbonyl (C=O) groups is 2. The molecule has 1 aliphatic heterocycles. The number of nitrogens with one attached hydrogen (secondary N) is 1. The van der Waals surface area contributed by atoms with Crippen molar-refractivity contribution in [3.05, 3.63) is 119 Å². The number of sulfone groups is 1. The average Bonchev–Trinajstić information content (AvgIpc) is 3.14. The minimum atomic E-state index is -4.20. The lowest BCUT2D eigenvalue weighted by Gasteiger charge is -2.25. The van der Waals surface area contributed by atoms with E-state index in [-0.39, 0.29) is 22.2 Å². The quantitative estimate of drug-likeness (QED) is 0.284. The Morgan fingerprint density at radius 3 is 2.23 bits per heavy atom. The van der Waals surface area contributed by atoms with Gasteiger partial charge < -0.3 is 14.8 Å². The van der Waals surface area contributed by atoms with Crippen molar-refractivity contribution in [2.45, 2.75) is 12.3 Å². The molecule has 9 heteroatoms. The summed E-state index contributed by atoms with van der Waals surface area (Å²) in [5.41, 5.74) is 1.49. The van der Waals surface area contributed by atoms with Gasteiger partial charge in [-0.25, -0.2) is 8.42 Å². The molecule has 0 aromatic heterocycles. The maximum atomic E-state index is 14.1. The van der Waals surface area contributed by atoms with Gasteiger partial charge in [0.2, 0.25) is 15.7 Å². The standard InChI is InChI=1S/C31H26N2O6S/c1-21(34)32-24-16-17-28(38-2)27(20-24)33-30(35)29(40(36,37)31(33)23-11-5-3-6-12-23)19-22-10-9-15-26(18-22)39-25-13-7-4-8-14-25/h3-20,31H,1-2H3,(H,32,34)/b29-19+. The Morgan fingerprint density at radius 1 is 0.875 bits per heavy atom. The van der Waals surface area contributed by atoms with Crippen LogP contribution in [0.3, 0.4) is 0 Å². The Morgan fingerprint density at radius 2 is 1.55 bits per heavy atom. The van der Waals surface area contributed by atoms with E-state index in [2.05, 4.69) is 5.32 Å². The van der Waals surface area contributed by atoms with E-state index in [1.54, 1.807) is 78.9 Å². The van der Waals surface area contributed by atoms with E-state index in [0.29, 0.717) is 28.3 Å². The molecule has 8 nitrogen and oxygen atoms in total. The second-order valence-corrected chi connectivity index (χ2v) is 11.0. The largest absolute Gasteiger partial charge is 0.495 e. The third-order valence-corrected chi connectivity index (χ3v) is 8.22. The highest BCUT2D eigenvalue weighted by molar-refractivity contribution is 7.97. The van der Waals surface area contributed by atoms with E-state index in [4.69, 9.17) is 9.47 Å². The van der Waals surface area contributed by atoms with Crippen LogP contribution < -0.4 is 19.7 Å². The highest BCUT2D eigenvalue weighted by Gasteiger charge is 2.51. The van der Waals surface area contributed by atoms with Crippen LogP contribution in [0.4, 0.5) is 11.4 Å². The molecule has 4 aromatic carbocycles. The monoisotopic (exact) mass is 554 g/mol. The van der Waals surface area contributed by atoms with Gasteiger partial charge in [0.05, 0.1) is 12.8 Å². The number of para-hydroxylation sites is 1. The molecular formula is C31H26N2O6S. The summed E-state index contributed by atoms with van der Waals surface area (Å²) in [6.07, 6.45) is 1.36. The normalized spacial score (nSPS) is 17.1. The first kappa shape index (κ1) is 26.7. The summed E-state index contributed by atoms with van der Waals surface area (Å²) in [7, 11) is -2.78. The highest BCUT2D eigenvalue weighted by Crippen LogP contribution is 2.47. The molecule has 0 radical (unpaired) electrons. The number of rotatable bonds is 7. The van der Waals surface area contributed by atoms with Crippen LogP contribution in [0.15, 0.2) is 108 Å². The molecule has 202 valence electrons. The first-order valence-electron chi connectivity index (χ1n) is 12.4. The zero-order valence-electron chi connectivity index (χ0n) is 21.8. The van der Waals surface area contributed by atoms with E-state index < -0.39 is 21.1 Å². The molecule has 1 atom stereocenters. The third-order valence-electron chi connectivity index (χ3n) is 6.24. The summed E-state index contributed by atoms with van der Waals surface area (Å²) in [5.74, 6) is 0.358. The van der Waals surface area contributed by atoms with Crippen molar-refractivity contribution in [1.29, 1.82) is 0 Å². The van der Waals surface area contributed by atoms with Gasteiger partial charge in [0, 0.05) is 12.6 Å². The van der Waals surface area contributed by atoms with E-state index in [9.17, 15) is 18.0 Å². The summed E-state index contributed by atoms with van der Waals surface area (Å²) >= 11 is 0. The molecule has 1 saturated heterocycles. The second kappa shape index (κ2) is 11.1. The number of methoxy groups -OCH3 is 1. The van der Waals surface area contributed by atoms with Gasteiger partial charge in [0.15, 0.2) is 5.37 Å². The number of benzene rings is 4. The first-order chi connectivity index (χ1) is 19.3. The van der Waals surface area contributed by atoms with Gasteiger partial charge in [-0.1, -0.05) is 60.7 Å². The van der Waals surface area contributed by atoms with Crippen molar-refractivity contribution >= 4 is 39.1 Å². The summed E-state index contributed by atoms with van der Waals surface area (Å²) in [6.45, 7) is 1.36. The number of nitrogens with zero attached hydrogens (tertiary/aromatic N) is 1. The predicted octanol–water partition coefficient (Wildman–Crippen LogP) is 5.95. The van der Waals surface area contributed by atoms with Crippen molar-refractivity contribution in [1.82, 2.24) is 0 Å². The molecule has 0 saturated carbocycles. The lowest BCUT2D eigenvalue weighted by atomic mass is 10.1. The average molecular weight is 555 g/mol. The van der Waals surface area contributed by atoms with Crippen LogP contribution in [0.1, 0.15) is 23.4 Å². The Hall–Kier alpha value is -4.89. The molecule has 1 heterocycles. The highest BCUT2D eigenvalue weighted by atomic mass is 32.2. The SMILES string of the molecule is COc1ccc(NC(C)=O)cc1N1C(=O)/C(=C\c2cccc(Oc3ccccc3)c2)S(=O)(=O)C1c1ccccc1. The van der Waals surface area contributed by atoms with Gasteiger partial charge in [-0.3, -0.25) is 14.5 Å². The predicted molar refractivity (Wildman–Crippen MR) is 154 cm³/mol. The van der Waals surface area contributed by atoms with Gasteiger partial charge in [0.1, 0.15) is 22.2 Å². The van der Waals surface area contributed by atoms with Gasteiger partial charge in [-0.05, 0) is 59.7 Å². The number of carbonyl (C=O) groups excluding carboxylic acids is 2. The molecule has 40 heavy (non-hydrogen) atoms. The molecule has 5 rings (SSSR count). The zero-order valence-corrected chi connectivity index (χ0v) is 22.6. The molecule has 1 N–H and O–H groups in total. The lowest BCUT2D eigenvalue weighted by molar-refractivity contribution is -0.115. The van der Waals surface area contributed by atoms with Crippen LogP contribution >= 0.6 is 0 Å². The fourth-order valence-electron chi connectivity index (χ4n) is 4.53. The van der Waals surface area contributed by atoms with Crippen LogP contribution in [0.25, 0.3) is 6.08 Å². The van der Waals surface area contributed by atoms with Crippen molar-refractivity contribution in [2.24, 2.45) is 0 Å². The number of amides is 2. The Balaban J connectivity index is 1.63. The fraction of sp³-hybridized carbons (Fsp3) is 0.0968. The maximum Gasteiger partial charge on any atom is 0.271 e. The third kappa shape index (κ3) is 5.32. The van der Waals surface area contributed by atoms with Gasteiger partial charge >= 0.3 is 0 Å². The van der Waals surface area contributed by atoms with Crippen LogP contribution in [-0.4, -0.2) is 27.3 Å². The topological polar surface area (TPSA) is 102 Å². The van der Waals surface area contributed by atoms with Crippen molar-refractivity contribution < 1.29 is 27.5 Å². The fourth-order valence-corrected chi connectivity index (χ4v) is 6.42. The second-order valence-electron chi connectivity index (χ2n) is 9.05.